The van der Waals surface area contributed by atoms with Crippen molar-refractivity contribution in [2.45, 2.75) is 0 Å². The Labute approximate surface area is 449 Å². The lowest BCUT2D eigenvalue weighted by molar-refractivity contribution is 1.17. The van der Waals surface area contributed by atoms with E-state index in [9.17, 15) is 0 Å². The normalized spacial score (nSPS) is 12.3. The zero-order chi connectivity index (χ0) is 50.8. The average molecular weight is 981 g/mol. The summed E-state index contributed by atoms with van der Waals surface area (Å²) in [4.78, 5) is 7.51. The molecule has 0 bridgehead atoms. The van der Waals surface area contributed by atoms with Crippen LogP contribution in [-0.4, -0.2) is 11.3 Å². The molecule has 0 spiro atoms. The van der Waals surface area contributed by atoms with Gasteiger partial charge in [0.15, 0.2) is 0 Å². The third-order valence-corrected chi connectivity index (χ3v) is 15.7. The largest absolute Gasteiger partial charge is 0.311 e. The number of anilines is 9. The van der Waals surface area contributed by atoms with Gasteiger partial charge in [-0.3, -0.25) is 0 Å². The molecule has 360 valence electrons. The van der Waals surface area contributed by atoms with Crippen LogP contribution >= 0.6 is 0 Å². The van der Waals surface area contributed by atoms with E-state index in [0.717, 1.165) is 56.9 Å². The molecule has 1 aromatic heterocycles. The van der Waals surface area contributed by atoms with Gasteiger partial charge in [0, 0.05) is 62.0 Å². The van der Waals surface area contributed by atoms with Crippen molar-refractivity contribution in [3.8, 4) is 39.1 Å². The van der Waals surface area contributed by atoms with Gasteiger partial charge in [0.1, 0.15) is 0 Å². The fraction of sp³-hybridized carbons (Fsp3) is 0. The van der Waals surface area contributed by atoms with Crippen molar-refractivity contribution < 1.29 is 0 Å². The van der Waals surface area contributed by atoms with E-state index in [1.807, 2.05) is 0 Å². The first kappa shape index (κ1) is 44.4. The first-order chi connectivity index (χ1) is 38.2. The smallest absolute Gasteiger partial charge is 0.252 e. The summed E-state index contributed by atoms with van der Waals surface area (Å²) in [6.45, 7) is -0.113. The third-order valence-electron chi connectivity index (χ3n) is 15.7. The zero-order valence-electron chi connectivity index (χ0n) is 42.2. The van der Waals surface area contributed by atoms with E-state index in [0.29, 0.717) is 0 Å². The average Bonchev–Trinajstić information content (AvgIpc) is 3.92. The maximum atomic E-state index is 2.55. The van der Waals surface area contributed by atoms with E-state index >= 15 is 0 Å². The van der Waals surface area contributed by atoms with Gasteiger partial charge in [-0.05, 0) is 141 Å². The Morgan fingerprint density at radius 2 is 0.623 bits per heavy atom. The first-order valence-corrected chi connectivity index (χ1v) is 26.5. The van der Waals surface area contributed by atoms with Gasteiger partial charge in [-0.25, -0.2) is 0 Å². The standard InChI is InChI=1S/C72H49BN4/c1-6-20-50(21-7-1)53-34-39-58(40-35-53)75-68-46-55(52-24-10-3-11-25-52)38-44-64(68)73-65-45-43-60(77-66-32-18-16-30-62(66)63-31-17-19-33-67(63)77)47-69(65)76(59-41-36-54(37-42-59)51-22-8-2-9-23-51)71-49-61(48-70(75)72(71)73)74(56-26-12-4-13-27-56)57-28-14-5-15-29-57/h1-49H. The Kier molecular flexibility index (Phi) is 10.6. The number of aromatic nitrogens is 1. The SMILES string of the molecule is c1ccc(-c2ccc(N3c4cc(-c5ccccc5)ccc4B4c5ccc(-n6c7ccccc7c7ccccc76)cc5N(c5ccc(-c6ccccc6)cc5)c5cc(N(c6ccccc6)c6ccccc6)cc3c54)cc2)cc1. The molecular formula is C72H49BN4. The van der Waals surface area contributed by atoms with Gasteiger partial charge >= 0.3 is 0 Å². The van der Waals surface area contributed by atoms with Crippen molar-refractivity contribution in [3.63, 3.8) is 0 Å². The molecule has 0 atom stereocenters. The van der Waals surface area contributed by atoms with E-state index in [4.69, 9.17) is 0 Å². The minimum absolute atomic E-state index is 0.113. The highest BCUT2D eigenvalue weighted by molar-refractivity contribution is 7.00. The molecule has 4 nitrogen and oxygen atoms in total. The minimum Gasteiger partial charge on any atom is -0.311 e. The molecule has 77 heavy (non-hydrogen) atoms. The predicted molar refractivity (Wildman–Crippen MR) is 326 cm³/mol. The summed E-state index contributed by atoms with van der Waals surface area (Å²) >= 11 is 0. The molecule has 2 aliphatic rings. The quantitative estimate of drug-likeness (QED) is 0.134. The highest BCUT2D eigenvalue weighted by atomic mass is 15.2. The summed E-state index contributed by atoms with van der Waals surface area (Å²) in [7, 11) is 0. The van der Waals surface area contributed by atoms with Crippen molar-refractivity contribution in [2.24, 2.45) is 0 Å². The molecule has 2 aliphatic heterocycles. The van der Waals surface area contributed by atoms with Gasteiger partial charge in [0.05, 0.1) is 16.7 Å². The van der Waals surface area contributed by atoms with E-state index in [1.54, 1.807) is 0 Å². The van der Waals surface area contributed by atoms with Gasteiger partial charge in [-0.15, -0.1) is 0 Å². The lowest BCUT2D eigenvalue weighted by Crippen LogP contribution is -2.61. The van der Waals surface area contributed by atoms with Crippen LogP contribution < -0.4 is 31.1 Å². The number of para-hydroxylation sites is 4. The lowest BCUT2D eigenvalue weighted by Gasteiger charge is -2.45. The van der Waals surface area contributed by atoms with Gasteiger partial charge in [-0.2, -0.15) is 0 Å². The molecule has 15 rings (SSSR count). The molecule has 0 unspecified atom stereocenters. The number of fused-ring (bicyclic) bond motifs is 7. The first-order valence-electron chi connectivity index (χ1n) is 26.5. The minimum atomic E-state index is -0.113. The Hall–Kier alpha value is -10.1. The molecule has 0 radical (unpaired) electrons. The zero-order valence-corrected chi connectivity index (χ0v) is 42.2. The van der Waals surface area contributed by atoms with Crippen LogP contribution in [0.25, 0.3) is 60.9 Å². The number of benzene rings is 12. The van der Waals surface area contributed by atoms with Crippen LogP contribution in [0.5, 0.6) is 0 Å². The topological polar surface area (TPSA) is 14.7 Å². The fourth-order valence-corrected chi connectivity index (χ4v) is 12.3. The molecule has 0 amide bonds. The second-order valence-electron chi connectivity index (χ2n) is 20.1. The molecule has 3 heterocycles. The number of hydrogen-bond donors (Lipinski definition) is 0. The summed E-state index contributed by atoms with van der Waals surface area (Å²) in [5.41, 5.74) is 24.2. The van der Waals surface area contributed by atoms with E-state index in [1.165, 1.54) is 71.6 Å². The van der Waals surface area contributed by atoms with Crippen molar-refractivity contribution >= 4 is 96.1 Å². The summed E-state index contributed by atoms with van der Waals surface area (Å²) in [5, 5.41) is 2.48. The van der Waals surface area contributed by atoms with Gasteiger partial charge in [-0.1, -0.05) is 206 Å². The van der Waals surface area contributed by atoms with E-state index in [2.05, 4.69) is 317 Å². The highest BCUT2D eigenvalue weighted by Gasteiger charge is 2.44. The fourth-order valence-electron chi connectivity index (χ4n) is 12.3. The van der Waals surface area contributed by atoms with Crippen molar-refractivity contribution in [1.82, 2.24) is 4.57 Å². The van der Waals surface area contributed by atoms with Crippen LogP contribution in [0.15, 0.2) is 297 Å². The van der Waals surface area contributed by atoms with Crippen LogP contribution in [0.4, 0.5) is 51.2 Å². The van der Waals surface area contributed by atoms with Gasteiger partial charge < -0.3 is 19.3 Å². The second-order valence-corrected chi connectivity index (χ2v) is 20.1. The molecule has 0 saturated heterocycles. The molecule has 0 fully saturated rings. The van der Waals surface area contributed by atoms with E-state index < -0.39 is 0 Å². The summed E-state index contributed by atoms with van der Waals surface area (Å²) in [6.07, 6.45) is 0. The van der Waals surface area contributed by atoms with Gasteiger partial charge in [0.2, 0.25) is 0 Å². The summed E-state index contributed by atoms with van der Waals surface area (Å²) in [5.74, 6) is 0. The number of hydrogen-bond acceptors (Lipinski definition) is 3. The van der Waals surface area contributed by atoms with Crippen molar-refractivity contribution in [1.29, 1.82) is 0 Å². The second kappa shape index (κ2) is 18.4. The van der Waals surface area contributed by atoms with Crippen LogP contribution in [-0.2, 0) is 0 Å². The van der Waals surface area contributed by atoms with Crippen LogP contribution in [0.1, 0.15) is 0 Å². The molecule has 12 aromatic carbocycles. The maximum absolute atomic E-state index is 2.55. The number of rotatable bonds is 9. The Bertz CT molecular complexity index is 4220. The Balaban J connectivity index is 1.05. The van der Waals surface area contributed by atoms with Gasteiger partial charge in [0.25, 0.3) is 6.71 Å². The molecular weight excluding hydrogens is 932 g/mol. The molecule has 5 heteroatoms. The Morgan fingerprint density at radius 3 is 1.10 bits per heavy atom. The molecule has 0 saturated carbocycles. The van der Waals surface area contributed by atoms with Crippen LogP contribution in [0.3, 0.4) is 0 Å². The van der Waals surface area contributed by atoms with Crippen LogP contribution in [0, 0.1) is 0 Å². The monoisotopic (exact) mass is 980 g/mol. The predicted octanol–water partition coefficient (Wildman–Crippen LogP) is 17.3. The van der Waals surface area contributed by atoms with Crippen LogP contribution in [0.2, 0.25) is 0 Å². The number of nitrogens with zero attached hydrogens (tertiary/aromatic N) is 4. The van der Waals surface area contributed by atoms with Crippen molar-refractivity contribution in [2.75, 3.05) is 14.7 Å². The molecule has 13 aromatic rings. The molecule has 0 aliphatic carbocycles. The Morgan fingerprint density at radius 1 is 0.260 bits per heavy atom. The highest BCUT2D eigenvalue weighted by Crippen LogP contribution is 2.49. The van der Waals surface area contributed by atoms with Crippen molar-refractivity contribution in [3.05, 3.63) is 297 Å². The third kappa shape index (κ3) is 7.46. The molecule has 0 N–H and O–H groups in total. The van der Waals surface area contributed by atoms with E-state index in [-0.39, 0.29) is 6.71 Å². The lowest BCUT2D eigenvalue weighted by atomic mass is 9.33. The summed E-state index contributed by atoms with van der Waals surface area (Å²) < 4.78 is 2.45. The maximum Gasteiger partial charge on any atom is 0.252 e. The summed E-state index contributed by atoms with van der Waals surface area (Å²) in [6, 6.07) is 109.